The van der Waals surface area contributed by atoms with Gasteiger partial charge in [-0.25, -0.2) is 4.39 Å². The van der Waals surface area contributed by atoms with E-state index in [4.69, 9.17) is 21.6 Å². The van der Waals surface area contributed by atoms with Gasteiger partial charge in [0.25, 0.3) is 0 Å². The molecule has 0 spiro atoms. The van der Waals surface area contributed by atoms with Crippen LogP contribution in [0, 0.1) is 24.1 Å². The Kier molecular flexibility index (Phi) is 4.22. The lowest BCUT2D eigenvalue weighted by Gasteiger charge is -2.10. The van der Waals surface area contributed by atoms with E-state index in [0.29, 0.717) is 29.5 Å². The lowest BCUT2D eigenvalue weighted by atomic mass is 10.2. The molecule has 5 heteroatoms. The second-order valence-electron chi connectivity index (χ2n) is 5.21. The van der Waals surface area contributed by atoms with Crippen molar-refractivity contribution in [3.63, 3.8) is 0 Å². The Bertz CT molecular complexity index is 894. The molecule has 0 radical (unpaired) electrons. The van der Waals surface area contributed by atoms with Crippen LogP contribution in [0.1, 0.15) is 11.3 Å². The van der Waals surface area contributed by atoms with Crippen LogP contribution >= 0.6 is 11.6 Å². The Labute approximate surface area is 138 Å². The minimum absolute atomic E-state index is 0.285. The molecule has 3 aromatic rings. The maximum absolute atomic E-state index is 12.9. The summed E-state index contributed by atoms with van der Waals surface area (Å²) in [5.41, 5.74) is 2.48. The highest BCUT2D eigenvalue weighted by Gasteiger charge is 2.11. The number of aromatic nitrogens is 1. The van der Waals surface area contributed by atoms with E-state index in [-0.39, 0.29) is 5.82 Å². The van der Waals surface area contributed by atoms with Crippen molar-refractivity contribution in [2.45, 2.75) is 13.5 Å². The third-order valence-corrected chi connectivity index (χ3v) is 4.15. The molecular weight excluding hydrogens is 315 g/mol. The molecule has 116 valence electrons. The van der Waals surface area contributed by atoms with Gasteiger partial charge in [-0.15, -0.1) is 0 Å². The number of rotatable bonds is 4. The van der Waals surface area contributed by atoms with Crippen LogP contribution < -0.4 is 4.74 Å². The van der Waals surface area contributed by atoms with Crippen LogP contribution in [0.3, 0.4) is 0 Å². The first-order valence-corrected chi connectivity index (χ1v) is 7.55. The molecule has 2 aromatic carbocycles. The summed E-state index contributed by atoms with van der Waals surface area (Å²) in [6.45, 7) is 3.07. The van der Waals surface area contributed by atoms with Crippen molar-refractivity contribution >= 4 is 22.5 Å². The van der Waals surface area contributed by atoms with Crippen LogP contribution in [0.4, 0.5) is 4.39 Å². The fourth-order valence-corrected chi connectivity index (χ4v) is 2.86. The number of halogens is 2. The van der Waals surface area contributed by atoms with Crippen molar-refractivity contribution in [1.29, 1.82) is 5.26 Å². The van der Waals surface area contributed by atoms with Crippen molar-refractivity contribution in [2.24, 2.45) is 0 Å². The van der Waals surface area contributed by atoms with Gasteiger partial charge in [0.2, 0.25) is 0 Å². The van der Waals surface area contributed by atoms with Gasteiger partial charge >= 0.3 is 0 Å². The molecule has 3 nitrogen and oxygen atoms in total. The summed E-state index contributed by atoms with van der Waals surface area (Å²) in [6, 6.07) is 13.6. The highest BCUT2D eigenvalue weighted by atomic mass is 35.5. The summed E-state index contributed by atoms with van der Waals surface area (Å²) in [7, 11) is 0. The molecule has 0 N–H and O–H groups in total. The number of ether oxygens (including phenoxy) is 1. The summed E-state index contributed by atoms with van der Waals surface area (Å²) in [6.07, 6.45) is 0. The smallest absolute Gasteiger partial charge is 0.123 e. The van der Waals surface area contributed by atoms with E-state index in [2.05, 4.69) is 10.6 Å². The van der Waals surface area contributed by atoms with Gasteiger partial charge in [0.05, 0.1) is 17.1 Å². The zero-order chi connectivity index (χ0) is 16.4. The largest absolute Gasteiger partial charge is 0.492 e. The molecule has 0 aliphatic carbocycles. The Morgan fingerprint density at radius 1 is 1.22 bits per heavy atom. The van der Waals surface area contributed by atoms with E-state index in [1.807, 2.05) is 19.1 Å². The number of fused-ring (bicyclic) bond motifs is 1. The van der Waals surface area contributed by atoms with E-state index < -0.39 is 0 Å². The Hall–Kier alpha value is -2.51. The standard InChI is InChI=1S/C18H14ClFN2O/c1-12-10-16-17(7-2-13(11-21)18(16)19)22(12)8-9-23-15-5-3-14(20)4-6-15/h2-7,10H,8-9H2,1H3. The average Bonchev–Trinajstić information content (AvgIpc) is 2.87. The predicted molar refractivity (Wildman–Crippen MR) is 88.3 cm³/mol. The van der Waals surface area contributed by atoms with Crippen LogP contribution in [-0.4, -0.2) is 11.2 Å². The fourth-order valence-electron chi connectivity index (χ4n) is 2.60. The van der Waals surface area contributed by atoms with E-state index in [1.165, 1.54) is 12.1 Å². The number of aryl methyl sites for hydroxylation is 1. The zero-order valence-electron chi connectivity index (χ0n) is 12.5. The Morgan fingerprint density at radius 3 is 2.65 bits per heavy atom. The van der Waals surface area contributed by atoms with Crippen molar-refractivity contribution in [2.75, 3.05) is 6.61 Å². The SMILES string of the molecule is Cc1cc2c(Cl)c(C#N)ccc2n1CCOc1ccc(F)cc1. The summed E-state index contributed by atoms with van der Waals surface area (Å²) in [5, 5.41) is 10.4. The van der Waals surface area contributed by atoms with Crippen LogP contribution in [0.2, 0.25) is 5.02 Å². The monoisotopic (exact) mass is 328 g/mol. The fraction of sp³-hybridized carbons (Fsp3) is 0.167. The summed E-state index contributed by atoms with van der Waals surface area (Å²) in [5.74, 6) is 0.345. The summed E-state index contributed by atoms with van der Waals surface area (Å²) >= 11 is 6.27. The molecule has 3 rings (SSSR count). The third-order valence-electron chi connectivity index (χ3n) is 3.74. The molecule has 0 atom stereocenters. The van der Waals surface area contributed by atoms with Gasteiger partial charge < -0.3 is 9.30 Å². The first kappa shape index (κ1) is 15.4. The van der Waals surface area contributed by atoms with Gasteiger partial charge in [-0.05, 0) is 49.4 Å². The number of nitrogens with zero attached hydrogens (tertiary/aromatic N) is 2. The zero-order valence-corrected chi connectivity index (χ0v) is 13.3. The highest BCUT2D eigenvalue weighted by molar-refractivity contribution is 6.36. The topological polar surface area (TPSA) is 38.0 Å². The average molecular weight is 329 g/mol. The van der Waals surface area contributed by atoms with E-state index in [1.54, 1.807) is 18.2 Å². The van der Waals surface area contributed by atoms with Crippen LogP contribution in [0.25, 0.3) is 10.9 Å². The molecule has 0 saturated heterocycles. The normalized spacial score (nSPS) is 10.7. The van der Waals surface area contributed by atoms with Gasteiger partial charge in [0, 0.05) is 16.6 Å². The van der Waals surface area contributed by atoms with Gasteiger partial charge in [-0.2, -0.15) is 5.26 Å². The Balaban J connectivity index is 1.80. The molecule has 1 aromatic heterocycles. The van der Waals surface area contributed by atoms with E-state index in [9.17, 15) is 4.39 Å². The van der Waals surface area contributed by atoms with Gasteiger partial charge in [-0.3, -0.25) is 0 Å². The van der Waals surface area contributed by atoms with Crippen molar-refractivity contribution in [3.05, 3.63) is 64.6 Å². The molecule has 0 fully saturated rings. The number of hydrogen-bond donors (Lipinski definition) is 0. The molecule has 23 heavy (non-hydrogen) atoms. The van der Waals surface area contributed by atoms with Gasteiger partial charge in [0.15, 0.2) is 0 Å². The second kappa shape index (κ2) is 6.31. The van der Waals surface area contributed by atoms with Crippen LogP contribution in [0.5, 0.6) is 5.75 Å². The molecule has 0 unspecified atom stereocenters. The summed E-state index contributed by atoms with van der Waals surface area (Å²) < 4.78 is 20.6. The molecule has 0 bridgehead atoms. The Morgan fingerprint density at radius 2 is 1.96 bits per heavy atom. The predicted octanol–water partition coefficient (Wildman–Crippen LogP) is 4.69. The van der Waals surface area contributed by atoms with Crippen molar-refractivity contribution in [1.82, 2.24) is 4.57 Å². The lowest BCUT2D eigenvalue weighted by Crippen LogP contribution is -2.09. The molecule has 0 amide bonds. The number of hydrogen-bond acceptors (Lipinski definition) is 2. The molecule has 1 heterocycles. The molecule has 0 saturated carbocycles. The number of nitriles is 1. The van der Waals surface area contributed by atoms with Crippen molar-refractivity contribution in [3.8, 4) is 11.8 Å². The van der Waals surface area contributed by atoms with Gasteiger partial charge in [-0.1, -0.05) is 11.6 Å². The van der Waals surface area contributed by atoms with Crippen LogP contribution in [0.15, 0.2) is 42.5 Å². The first-order chi connectivity index (χ1) is 11.1. The number of benzene rings is 2. The first-order valence-electron chi connectivity index (χ1n) is 7.17. The molecular formula is C18H14ClFN2O. The maximum Gasteiger partial charge on any atom is 0.123 e. The van der Waals surface area contributed by atoms with Crippen molar-refractivity contribution < 1.29 is 9.13 Å². The second-order valence-corrected chi connectivity index (χ2v) is 5.59. The maximum atomic E-state index is 12.9. The van der Waals surface area contributed by atoms with E-state index in [0.717, 1.165) is 16.6 Å². The lowest BCUT2D eigenvalue weighted by molar-refractivity contribution is 0.299. The highest BCUT2D eigenvalue weighted by Crippen LogP contribution is 2.29. The van der Waals surface area contributed by atoms with Crippen LogP contribution in [-0.2, 0) is 6.54 Å². The molecule has 0 aliphatic heterocycles. The minimum atomic E-state index is -0.285. The summed E-state index contributed by atoms with van der Waals surface area (Å²) in [4.78, 5) is 0. The minimum Gasteiger partial charge on any atom is -0.492 e. The third kappa shape index (κ3) is 3.01. The quantitative estimate of drug-likeness (QED) is 0.696. The molecule has 0 aliphatic rings. The van der Waals surface area contributed by atoms with E-state index >= 15 is 0 Å². The van der Waals surface area contributed by atoms with Gasteiger partial charge in [0.1, 0.15) is 24.2 Å².